The summed E-state index contributed by atoms with van der Waals surface area (Å²) < 4.78 is 12.9. The minimum atomic E-state index is -2.56. The molecule has 0 saturated heterocycles. The highest BCUT2D eigenvalue weighted by Crippen LogP contribution is 2.39. The van der Waals surface area contributed by atoms with Gasteiger partial charge in [-0.15, -0.1) is 0 Å². The van der Waals surface area contributed by atoms with Gasteiger partial charge in [0, 0.05) is 16.9 Å². The van der Waals surface area contributed by atoms with Crippen LogP contribution in [0.15, 0.2) is 71.8 Å². The maximum Gasteiger partial charge on any atom is 0.337 e. The second kappa shape index (κ2) is 15.5. The lowest BCUT2D eigenvalue weighted by molar-refractivity contribution is -0.157. The predicted octanol–water partition coefficient (Wildman–Crippen LogP) is 7.82. The molecule has 248 valence electrons. The van der Waals surface area contributed by atoms with Gasteiger partial charge in [-0.05, 0) is 68.6 Å². The maximum absolute atomic E-state index is 14.2. The molecule has 2 N–H and O–H groups in total. The number of hydrogen-bond acceptors (Lipinski definition) is 6. The highest BCUT2D eigenvalue weighted by atomic mass is 28.4. The zero-order valence-corrected chi connectivity index (χ0v) is 30.4. The average molecular weight is 638 g/mol. The molecule has 0 saturated carbocycles. The summed E-state index contributed by atoms with van der Waals surface area (Å²) >= 11 is 0. The molecule has 45 heavy (non-hydrogen) atoms. The van der Waals surface area contributed by atoms with Gasteiger partial charge in [0.15, 0.2) is 14.4 Å². The van der Waals surface area contributed by atoms with Crippen molar-refractivity contribution in [2.24, 2.45) is 11.3 Å². The lowest BCUT2D eigenvalue weighted by Gasteiger charge is -2.41. The number of carbonyl (C=O) groups is 3. The molecule has 2 aromatic carbocycles. The van der Waals surface area contributed by atoms with Gasteiger partial charge in [-0.25, -0.2) is 4.79 Å². The molecule has 0 radical (unpaired) electrons. The zero-order chi connectivity index (χ0) is 34.3. The van der Waals surface area contributed by atoms with E-state index in [2.05, 4.69) is 39.2 Å². The van der Waals surface area contributed by atoms with E-state index < -0.39 is 50.0 Å². The van der Waals surface area contributed by atoms with Crippen molar-refractivity contribution >= 4 is 26.0 Å². The number of Topliss-reactive ketones (excluding diaryl/α,β-unsaturated/α-hetero) is 1. The first-order chi connectivity index (χ1) is 20.8. The van der Waals surface area contributed by atoms with Crippen molar-refractivity contribution in [3.8, 4) is 0 Å². The third kappa shape index (κ3) is 9.47. The second-order valence-corrected chi connectivity index (χ2v) is 19.0. The number of aliphatic hydroxyl groups is 1. The number of ketones is 1. The molecule has 0 aliphatic carbocycles. The molecule has 0 aromatic heterocycles. The smallest absolute Gasteiger partial charge is 0.337 e. The van der Waals surface area contributed by atoms with Gasteiger partial charge in [0.2, 0.25) is 0 Å². The highest BCUT2D eigenvalue weighted by molar-refractivity contribution is 6.74. The van der Waals surface area contributed by atoms with Gasteiger partial charge < -0.3 is 19.6 Å². The SMILES string of the molecule is CC[C@H](O)C(C)(C)C(=O)[C@H](C)/C(C)=C(\C)[C@H](C)OC(=O)[C@H](O[Si](C)(C)C(C)(C)C)[C@@H](NC(=O)c1ccccc1)c1ccccc1. The minimum absolute atomic E-state index is 0.0703. The highest BCUT2D eigenvalue weighted by Gasteiger charge is 2.45. The summed E-state index contributed by atoms with van der Waals surface area (Å²) in [6.07, 6.45) is -2.08. The van der Waals surface area contributed by atoms with Crippen LogP contribution >= 0.6 is 0 Å². The van der Waals surface area contributed by atoms with E-state index in [1.54, 1.807) is 45.0 Å². The van der Waals surface area contributed by atoms with E-state index in [1.807, 2.05) is 64.1 Å². The van der Waals surface area contributed by atoms with Gasteiger partial charge in [0.05, 0.1) is 12.1 Å². The third-order valence-corrected chi connectivity index (χ3v) is 14.1. The molecule has 7 nitrogen and oxygen atoms in total. The summed E-state index contributed by atoms with van der Waals surface area (Å²) in [5.74, 6) is -1.48. The normalized spacial score (nSPS) is 16.5. The third-order valence-electron chi connectivity index (χ3n) is 9.67. The average Bonchev–Trinajstić information content (AvgIpc) is 3.00. The molecule has 8 heteroatoms. The van der Waals surface area contributed by atoms with E-state index in [0.29, 0.717) is 12.0 Å². The molecule has 2 aromatic rings. The van der Waals surface area contributed by atoms with Gasteiger partial charge in [-0.2, -0.15) is 0 Å². The van der Waals surface area contributed by atoms with Crippen LogP contribution < -0.4 is 5.32 Å². The molecule has 0 fully saturated rings. The topological polar surface area (TPSA) is 102 Å². The summed E-state index contributed by atoms with van der Waals surface area (Å²) in [6, 6.07) is 17.4. The molecule has 0 heterocycles. The molecule has 0 aliphatic heterocycles. The van der Waals surface area contributed by atoms with Gasteiger partial charge >= 0.3 is 5.97 Å². The van der Waals surface area contributed by atoms with Crippen molar-refractivity contribution in [3.63, 3.8) is 0 Å². The Labute approximate surface area is 271 Å². The van der Waals surface area contributed by atoms with Gasteiger partial charge in [-0.3, -0.25) is 9.59 Å². The van der Waals surface area contributed by atoms with Gasteiger partial charge in [0.1, 0.15) is 11.9 Å². The van der Waals surface area contributed by atoms with Crippen molar-refractivity contribution in [2.45, 2.75) is 118 Å². The van der Waals surface area contributed by atoms with Crippen molar-refractivity contribution in [1.82, 2.24) is 5.32 Å². The van der Waals surface area contributed by atoms with Crippen LogP contribution in [0.3, 0.4) is 0 Å². The Balaban J connectivity index is 2.52. The molecule has 0 spiro atoms. The Morgan fingerprint density at radius 2 is 1.38 bits per heavy atom. The van der Waals surface area contributed by atoms with Crippen LogP contribution in [0.1, 0.15) is 97.6 Å². The summed E-state index contributed by atoms with van der Waals surface area (Å²) in [5.41, 5.74) is 1.81. The van der Waals surface area contributed by atoms with E-state index in [1.165, 1.54) is 0 Å². The van der Waals surface area contributed by atoms with Crippen molar-refractivity contribution in [2.75, 3.05) is 0 Å². The van der Waals surface area contributed by atoms with Crippen LogP contribution in [-0.2, 0) is 18.8 Å². The predicted molar refractivity (Wildman–Crippen MR) is 183 cm³/mol. The number of hydrogen-bond donors (Lipinski definition) is 2. The number of carbonyl (C=O) groups excluding carboxylic acids is 3. The first kappa shape index (κ1) is 38.1. The fourth-order valence-electron chi connectivity index (χ4n) is 4.98. The molecular formula is C37H55NO6Si. The maximum atomic E-state index is 14.2. The summed E-state index contributed by atoms with van der Waals surface area (Å²) in [5, 5.41) is 13.3. The van der Waals surface area contributed by atoms with Crippen molar-refractivity contribution < 1.29 is 28.7 Å². The summed E-state index contributed by atoms with van der Waals surface area (Å²) in [7, 11) is -2.56. The van der Waals surface area contributed by atoms with E-state index in [0.717, 1.165) is 16.7 Å². The Hall–Kier alpha value is -3.07. The lowest BCUT2D eigenvalue weighted by atomic mass is 9.74. The molecule has 0 unspecified atom stereocenters. The monoisotopic (exact) mass is 637 g/mol. The van der Waals surface area contributed by atoms with Crippen molar-refractivity contribution in [1.29, 1.82) is 0 Å². The van der Waals surface area contributed by atoms with Crippen LogP contribution in [0.4, 0.5) is 0 Å². The second-order valence-electron chi connectivity index (χ2n) is 14.2. The van der Waals surface area contributed by atoms with Gasteiger partial charge in [0.25, 0.3) is 5.91 Å². The molecular weight excluding hydrogens is 582 g/mol. The lowest BCUT2D eigenvalue weighted by Crippen LogP contribution is -2.52. The number of amides is 1. The number of nitrogens with one attached hydrogen (secondary N) is 1. The van der Waals surface area contributed by atoms with E-state index >= 15 is 0 Å². The van der Waals surface area contributed by atoms with E-state index in [4.69, 9.17) is 9.16 Å². The molecule has 2 rings (SSSR count). The summed E-state index contributed by atoms with van der Waals surface area (Å²) in [6.45, 7) is 23.1. The molecule has 1 amide bonds. The Bertz CT molecular complexity index is 1330. The van der Waals surface area contributed by atoms with Crippen LogP contribution in [0.25, 0.3) is 0 Å². The summed E-state index contributed by atoms with van der Waals surface area (Å²) in [4.78, 5) is 41.1. The number of esters is 1. The number of ether oxygens (including phenoxy) is 1. The van der Waals surface area contributed by atoms with E-state index in [-0.39, 0.29) is 16.7 Å². The van der Waals surface area contributed by atoms with Crippen LogP contribution in [0, 0.1) is 11.3 Å². The fourth-order valence-corrected chi connectivity index (χ4v) is 6.20. The Kier molecular flexibility index (Phi) is 13.1. The molecule has 5 atom stereocenters. The number of aliphatic hydroxyl groups excluding tert-OH is 1. The largest absolute Gasteiger partial charge is 0.456 e. The fraction of sp³-hybridized carbons (Fsp3) is 0.541. The van der Waals surface area contributed by atoms with Crippen LogP contribution in [-0.4, -0.2) is 49.4 Å². The first-order valence-electron chi connectivity index (χ1n) is 15.9. The van der Waals surface area contributed by atoms with Crippen molar-refractivity contribution in [3.05, 3.63) is 82.9 Å². The van der Waals surface area contributed by atoms with Crippen LogP contribution in [0.2, 0.25) is 18.1 Å². The van der Waals surface area contributed by atoms with Gasteiger partial charge in [-0.1, -0.05) is 103 Å². The standard InChI is InChI=1S/C37H55NO6Si/c1-13-30(39)37(9,10)33(40)26(4)24(2)25(3)27(5)43-35(42)32(44-45(11,12)36(6,7)8)31(28-20-16-14-17-21-28)38-34(41)29-22-18-15-19-23-29/h14-23,26-27,30-32,39H,13H2,1-12H3,(H,38,41)/b25-24+/t26-,27+,30+,31+,32-/m1/s1. The zero-order valence-electron chi connectivity index (χ0n) is 29.4. The van der Waals surface area contributed by atoms with Crippen LogP contribution in [0.5, 0.6) is 0 Å². The number of rotatable bonds is 14. The first-order valence-corrected chi connectivity index (χ1v) is 18.9. The molecule has 0 bridgehead atoms. The number of benzene rings is 2. The number of allylic oxidation sites excluding steroid dienone is 1. The Morgan fingerprint density at radius 3 is 1.87 bits per heavy atom. The van der Waals surface area contributed by atoms with E-state index in [9.17, 15) is 19.5 Å². The Morgan fingerprint density at radius 1 is 0.867 bits per heavy atom. The quantitative estimate of drug-likeness (QED) is 0.124. The minimum Gasteiger partial charge on any atom is -0.456 e. The molecule has 0 aliphatic rings.